The molecule has 2 atom stereocenters. The molecule has 7 heteroatoms. The molecular weight excluding hydrogens is 392 g/mol. The van der Waals surface area contributed by atoms with Crippen molar-refractivity contribution in [2.45, 2.75) is 38.6 Å². The molecule has 0 bridgehead atoms. The average Bonchev–Trinajstić information content (AvgIpc) is 2.80. The summed E-state index contributed by atoms with van der Waals surface area (Å²) in [6, 6.07) is 8.85. The van der Waals surface area contributed by atoms with Crippen LogP contribution in [-0.2, 0) is 9.53 Å². The molecule has 0 radical (unpaired) electrons. The van der Waals surface area contributed by atoms with Crippen molar-refractivity contribution in [1.29, 1.82) is 0 Å². The maximum atomic E-state index is 12.0. The minimum absolute atomic E-state index is 0.0146. The van der Waals surface area contributed by atoms with Crippen molar-refractivity contribution >= 4 is 11.9 Å². The monoisotopic (exact) mass is 430 g/mol. The number of nitrogens with one attached hydrogen (secondary N) is 1. The maximum absolute atomic E-state index is 12.0. The summed E-state index contributed by atoms with van der Waals surface area (Å²) in [5, 5.41) is 3.63. The number of likely N-dealkylation sites (tertiary alicyclic amines) is 2. The lowest BCUT2D eigenvalue weighted by molar-refractivity contribution is -0.149. The van der Waals surface area contributed by atoms with Gasteiger partial charge in [0.1, 0.15) is 5.75 Å². The van der Waals surface area contributed by atoms with E-state index in [0.717, 1.165) is 50.7 Å². The molecule has 2 aliphatic heterocycles. The maximum Gasteiger partial charge on any atom is 0.309 e. The van der Waals surface area contributed by atoms with E-state index in [9.17, 15) is 4.79 Å². The summed E-state index contributed by atoms with van der Waals surface area (Å²) < 4.78 is 10.5. The van der Waals surface area contributed by atoms with E-state index >= 15 is 0 Å². The van der Waals surface area contributed by atoms with Gasteiger partial charge in [-0.05, 0) is 69.8 Å². The fourth-order valence-corrected chi connectivity index (χ4v) is 4.94. The highest BCUT2D eigenvalue weighted by Gasteiger charge is 2.32. The molecule has 0 aliphatic carbocycles. The van der Waals surface area contributed by atoms with Crippen LogP contribution in [0.4, 0.5) is 0 Å². The topological polar surface area (TPSA) is 66.4 Å². The molecule has 0 aromatic heterocycles. The minimum atomic E-state index is -0.0577. The third kappa shape index (κ3) is 5.91. The summed E-state index contributed by atoms with van der Waals surface area (Å²) in [5.74, 6) is 2.28. The van der Waals surface area contributed by atoms with Crippen LogP contribution in [0.3, 0.4) is 0 Å². The highest BCUT2D eigenvalue weighted by molar-refractivity contribution is 5.80. The second kappa shape index (κ2) is 11.4. The summed E-state index contributed by atoms with van der Waals surface area (Å²) in [4.78, 5) is 21.3. The third-order valence-electron chi connectivity index (χ3n) is 6.61. The number of carbonyl (C=O) groups is 1. The van der Waals surface area contributed by atoms with E-state index in [1.165, 1.54) is 18.4 Å². The number of hydrogen-bond donors (Lipinski definition) is 1. The quantitative estimate of drug-likeness (QED) is 0.425. The molecule has 0 spiro atoms. The first-order chi connectivity index (χ1) is 15.1. The van der Waals surface area contributed by atoms with E-state index in [1.54, 1.807) is 7.11 Å². The first kappa shape index (κ1) is 23.4. The van der Waals surface area contributed by atoms with Crippen molar-refractivity contribution in [2.75, 3.05) is 54.0 Å². The van der Waals surface area contributed by atoms with Crippen LogP contribution in [0.1, 0.15) is 44.2 Å². The Morgan fingerprint density at radius 3 is 2.48 bits per heavy atom. The second-order valence-electron chi connectivity index (χ2n) is 8.54. The predicted octanol–water partition coefficient (Wildman–Crippen LogP) is 2.93. The molecule has 3 rings (SSSR count). The van der Waals surface area contributed by atoms with Gasteiger partial charge in [0.05, 0.1) is 19.6 Å². The molecule has 172 valence electrons. The van der Waals surface area contributed by atoms with Crippen molar-refractivity contribution in [3.8, 4) is 5.75 Å². The van der Waals surface area contributed by atoms with Crippen LogP contribution in [0.15, 0.2) is 29.3 Å². The van der Waals surface area contributed by atoms with Gasteiger partial charge >= 0.3 is 5.97 Å². The van der Waals surface area contributed by atoms with E-state index < -0.39 is 0 Å². The van der Waals surface area contributed by atoms with Crippen molar-refractivity contribution < 1.29 is 14.3 Å². The van der Waals surface area contributed by atoms with Gasteiger partial charge in [-0.3, -0.25) is 14.7 Å². The zero-order valence-corrected chi connectivity index (χ0v) is 19.5. The summed E-state index contributed by atoms with van der Waals surface area (Å²) >= 11 is 0. The summed E-state index contributed by atoms with van der Waals surface area (Å²) in [6.07, 6.45) is 4.04. The molecule has 1 aromatic carbocycles. The Kier molecular flexibility index (Phi) is 8.58. The van der Waals surface area contributed by atoms with Crippen LogP contribution in [0.25, 0.3) is 0 Å². The van der Waals surface area contributed by atoms with Gasteiger partial charge in [-0.1, -0.05) is 12.1 Å². The van der Waals surface area contributed by atoms with Crippen molar-refractivity contribution in [2.24, 2.45) is 16.8 Å². The van der Waals surface area contributed by atoms with E-state index in [1.807, 2.05) is 14.0 Å². The Morgan fingerprint density at radius 2 is 1.87 bits per heavy atom. The van der Waals surface area contributed by atoms with Crippen LogP contribution in [0.5, 0.6) is 5.75 Å². The zero-order valence-electron chi connectivity index (χ0n) is 19.5. The van der Waals surface area contributed by atoms with Gasteiger partial charge in [-0.2, -0.15) is 0 Å². The SMILES string of the molecule is CCOC(=O)C1CCN(C(=NC)NCC2CCCN(C)C2c2ccc(OC)cc2)CC1. The van der Waals surface area contributed by atoms with Crippen LogP contribution in [0, 0.1) is 11.8 Å². The second-order valence-corrected chi connectivity index (χ2v) is 8.54. The standard InChI is InChI=1S/C24H38N4O3/c1-5-31-23(29)19-12-15-28(16-13-19)24(25-2)26-17-20-7-6-14-27(3)22(20)18-8-10-21(30-4)11-9-18/h8-11,19-20,22H,5-7,12-17H2,1-4H3,(H,25,26). The van der Waals surface area contributed by atoms with Crippen LogP contribution in [0.2, 0.25) is 0 Å². The van der Waals surface area contributed by atoms with Crippen molar-refractivity contribution in [3.63, 3.8) is 0 Å². The van der Waals surface area contributed by atoms with Gasteiger partial charge in [0.25, 0.3) is 0 Å². The van der Waals surface area contributed by atoms with Gasteiger partial charge in [0.15, 0.2) is 5.96 Å². The van der Waals surface area contributed by atoms with E-state index in [0.29, 0.717) is 18.6 Å². The summed E-state index contributed by atoms with van der Waals surface area (Å²) in [5.41, 5.74) is 1.33. The Hall–Kier alpha value is -2.28. The number of carbonyl (C=O) groups excluding carboxylic acids is 1. The number of methoxy groups -OCH3 is 1. The number of hydrogen-bond acceptors (Lipinski definition) is 5. The van der Waals surface area contributed by atoms with Crippen LogP contribution < -0.4 is 10.1 Å². The summed E-state index contributed by atoms with van der Waals surface area (Å²) in [6.45, 7) is 5.97. The molecule has 2 heterocycles. The average molecular weight is 431 g/mol. The molecule has 0 saturated carbocycles. The smallest absolute Gasteiger partial charge is 0.309 e. The Labute approximate surface area is 186 Å². The van der Waals surface area contributed by atoms with Gasteiger partial charge in [-0.15, -0.1) is 0 Å². The Balaban J connectivity index is 1.59. The van der Waals surface area contributed by atoms with Gasteiger partial charge in [0, 0.05) is 32.7 Å². The number of esters is 1. The van der Waals surface area contributed by atoms with E-state index in [4.69, 9.17) is 9.47 Å². The van der Waals surface area contributed by atoms with Gasteiger partial charge in [0.2, 0.25) is 0 Å². The normalized spacial score (nSPS) is 23.5. The number of guanidine groups is 1. The molecule has 2 saturated heterocycles. The third-order valence-corrected chi connectivity index (χ3v) is 6.61. The van der Waals surface area contributed by atoms with Crippen molar-refractivity contribution in [3.05, 3.63) is 29.8 Å². The number of benzene rings is 1. The van der Waals surface area contributed by atoms with Gasteiger partial charge < -0.3 is 19.7 Å². The molecule has 31 heavy (non-hydrogen) atoms. The molecule has 2 aliphatic rings. The van der Waals surface area contributed by atoms with Crippen LogP contribution in [-0.4, -0.2) is 75.7 Å². The molecule has 1 N–H and O–H groups in total. The van der Waals surface area contributed by atoms with E-state index in [-0.39, 0.29) is 11.9 Å². The van der Waals surface area contributed by atoms with Crippen LogP contribution >= 0.6 is 0 Å². The highest BCUT2D eigenvalue weighted by atomic mass is 16.5. The Morgan fingerprint density at radius 1 is 1.16 bits per heavy atom. The zero-order chi connectivity index (χ0) is 22.2. The first-order valence-electron chi connectivity index (χ1n) is 11.5. The van der Waals surface area contributed by atoms with Gasteiger partial charge in [-0.25, -0.2) is 0 Å². The summed E-state index contributed by atoms with van der Waals surface area (Å²) in [7, 11) is 5.76. The lowest BCUT2D eigenvalue weighted by Gasteiger charge is -2.40. The number of piperidine rings is 2. The molecule has 7 nitrogen and oxygen atoms in total. The fraction of sp³-hybridized carbons (Fsp3) is 0.667. The van der Waals surface area contributed by atoms with Crippen molar-refractivity contribution in [1.82, 2.24) is 15.1 Å². The number of rotatable bonds is 6. The molecule has 2 unspecified atom stereocenters. The highest BCUT2D eigenvalue weighted by Crippen LogP contribution is 2.35. The molecule has 1 aromatic rings. The minimum Gasteiger partial charge on any atom is -0.497 e. The molecule has 0 amide bonds. The molecule has 2 fully saturated rings. The Bertz CT molecular complexity index is 729. The lowest BCUT2D eigenvalue weighted by Crippen LogP contribution is -2.49. The number of nitrogens with zero attached hydrogens (tertiary/aromatic N) is 3. The fourth-order valence-electron chi connectivity index (χ4n) is 4.94. The lowest BCUT2D eigenvalue weighted by atomic mass is 9.85. The predicted molar refractivity (Wildman–Crippen MR) is 123 cm³/mol. The largest absolute Gasteiger partial charge is 0.497 e. The number of ether oxygens (including phenoxy) is 2. The molecular formula is C24H38N4O3. The van der Waals surface area contributed by atoms with E-state index in [2.05, 4.69) is 51.4 Å². The number of aliphatic imine (C=N–C) groups is 1. The first-order valence-corrected chi connectivity index (χ1v) is 11.5.